The lowest BCUT2D eigenvalue weighted by molar-refractivity contribution is 0.443. The predicted octanol–water partition coefficient (Wildman–Crippen LogP) is 10.3. The minimum absolute atomic E-state index is 0.00456. The van der Waals surface area contributed by atoms with E-state index < -0.39 is 0 Å². The van der Waals surface area contributed by atoms with Gasteiger partial charge in [-0.2, -0.15) is 0 Å². The smallest absolute Gasteiger partial charge is 0.128 e. The van der Waals surface area contributed by atoms with E-state index in [1.807, 2.05) is 36.4 Å². The Bertz CT molecular complexity index is 1540. The van der Waals surface area contributed by atoms with Crippen molar-refractivity contribution in [2.45, 2.75) is 105 Å². The molecular weight excluding hydrogens is 568 g/mol. The molecule has 0 saturated carbocycles. The van der Waals surface area contributed by atoms with Gasteiger partial charge in [0, 0.05) is 47.1 Å². The highest BCUT2D eigenvalue weighted by atomic mass is 16.3. The number of benzene rings is 2. The molecule has 6 nitrogen and oxygen atoms in total. The Morgan fingerprint density at radius 2 is 0.870 bits per heavy atom. The highest BCUT2D eigenvalue weighted by Gasteiger charge is 2.25. The van der Waals surface area contributed by atoms with Gasteiger partial charge in [0.25, 0.3) is 0 Å². The number of hydrogen-bond acceptors (Lipinski definition) is 6. The summed E-state index contributed by atoms with van der Waals surface area (Å²) in [5.41, 5.74) is 7.02. The monoisotopic (exact) mass is 620 g/mol. The molecule has 6 heteroatoms. The Morgan fingerprint density at radius 3 is 1.13 bits per heavy atom. The van der Waals surface area contributed by atoms with E-state index in [0.29, 0.717) is 11.5 Å². The Kier molecular flexibility index (Phi) is 11.0. The molecule has 0 saturated heterocycles. The molecule has 0 spiro atoms. The van der Waals surface area contributed by atoms with Crippen molar-refractivity contribution in [3.8, 4) is 11.5 Å². The summed E-state index contributed by atoms with van der Waals surface area (Å²) in [6, 6.07) is 15.7. The fourth-order valence-electron chi connectivity index (χ4n) is 4.67. The summed E-state index contributed by atoms with van der Waals surface area (Å²) in [6.45, 7) is 25.7. The lowest BCUT2D eigenvalue weighted by Crippen LogP contribution is -2.17. The lowest BCUT2D eigenvalue weighted by atomic mass is 9.79. The van der Waals surface area contributed by atoms with Crippen LogP contribution in [0.3, 0.4) is 0 Å². The maximum absolute atomic E-state index is 10.7. The Labute approximate surface area is 276 Å². The van der Waals surface area contributed by atoms with Crippen LogP contribution in [0.4, 0.5) is 11.4 Å². The lowest BCUT2D eigenvalue weighted by Gasteiger charge is -2.27. The SMILES string of the molecule is CC(C)(C)c1cc(C=Nc2cccnc2)c(O)c(C(C)(C)C)c1.CC(C)(C)c1cc(C=Nc2cccnc2)c(O)c(C(C)(C)C)c1. The summed E-state index contributed by atoms with van der Waals surface area (Å²) >= 11 is 0. The average Bonchev–Trinajstić information content (AvgIpc) is 2.95. The van der Waals surface area contributed by atoms with Gasteiger partial charge in [0.1, 0.15) is 11.5 Å². The number of phenolic OH excluding ortho intramolecular Hbond substituents is 2. The highest BCUT2D eigenvalue weighted by molar-refractivity contribution is 5.87. The maximum Gasteiger partial charge on any atom is 0.128 e. The summed E-state index contributed by atoms with van der Waals surface area (Å²) < 4.78 is 0. The predicted molar refractivity (Wildman–Crippen MR) is 194 cm³/mol. The number of hydrogen-bond donors (Lipinski definition) is 2. The molecule has 0 aliphatic carbocycles. The van der Waals surface area contributed by atoms with Crippen LogP contribution in [-0.2, 0) is 21.7 Å². The van der Waals surface area contributed by atoms with Gasteiger partial charge in [-0.3, -0.25) is 20.0 Å². The molecular formula is C40H52N4O2. The van der Waals surface area contributed by atoms with Crippen molar-refractivity contribution < 1.29 is 10.2 Å². The number of phenols is 2. The fourth-order valence-corrected chi connectivity index (χ4v) is 4.67. The molecule has 2 aromatic heterocycles. The van der Waals surface area contributed by atoms with Crippen LogP contribution in [0, 0.1) is 0 Å². The van der Waals surface area contributed by atoms with E-state index in [0.717, 1.165) is 33.6 Å². The van der Waals surface area contributed by atoms with Crippen LogP contribution in [0.2, 0.25) is 0 Å². The second kappa shape index (κ2) is 14.0. The quantitative estimate of drug-likeness (QED) is 0.222. The van der Waals surface area contributed by atoms with Gasteiger partial charge in [-0.15, -0.1) is 0 Å². The maximum atomic E-state index is 10.7. The van der Waals surface area contributed by atoms with Crippen LogP contribution < -0.4 is 0 Å². The van der Waals surface area contributed by atoms with E-state index >= 15 is 0 Å². The molecule has 0 atom stereocenters. The second-order valence-electron chi connectivity index (χ2n) is 15.9. The molecule has 244 valence electrons. The Balaban J connectivity index is 0.000000250. The highest BCUT2D eigenvalue weighted by Crippen LogP contribution is 2.38. The van der Waals surface area contributed by atoms with Gasteiger partial charge in [-0.05, 0) is 69.2 Å². The normalized spacial score (nSPS) is 12.8. The first-order valence-corrected chi connectivity index (χ1v) is 15.8. The first-order chi connectivity index (χ1) is 21.2. The third-order valence-electron chi connectivity index (χ3n) is 7.62. The van der Waals surface area contributed by atoms with Crippen LogP contribution in [0.15, 0.2) is 83.3 Å². The summed E-state index contributed by atoms with van der Waals surface area (Å²) in [4.78, 5) is 17.0. The van der Waals surface area contributed by atoms with E-state index in [4.69, 9.17) is 0 Å². The third kappa shape index (κ3) is 9.84. The summed E-state index contributed by atoms with van der Waals surface area (Å²) in [6.07, 6.45) is 10.3. The molecule has 0 amide bonds. The van der Waals surface area contributed by atoms with Crippen LogP contribution >= 0.6 is 0 Å². The molecule has 4 aromatic rings. The van der Waals surface area contributed by atoms with E-state index in [1.54, 1.807) is 37.2 Å². The summed E-state index contributed by atoms with van der Waals surface area (Å²) in [5.74, 6) is 0.608. The van der Waals surface area contributed by atoms with Crippen molar-refractivity contribution in [2.24, 2.45) is 9.98 Å². The van der Waals surface area contributed by atoms with E-state index in [-0.39, 0.29) is 21.7 Å². The van der Waals surface area contributed by atoms with Gasteiger partial charge in [0.15, 0.2) is 0 Å². The molecule has 0 radical (unpaired) electrons. The van der Waals surface area contributed by atoms with Crippen molar-refractivity contribution in [3.05, 3.63) is 107 Å². The molecule has 2 aromatic carbocycles. The Hall–Kier alpha value is -4.32. The zero-order valence-electron chi connectivity index (χ0n) is 29.8. The summed E-state index contributed by atoms with van der Waals surface area (Å²) in [5, 5.41) is 21.4. The molecule has 0 bridgehead atoms. The zero-order chi connectivity index (χ0) is 34.5. The number of rotatable bonds is 4. The number of aliphatic imine (C=N–C) groups is 2. The van der Waals surface area contributed by atoms with Gasteiger partial charge in [-0.1, -0.05) is 95.2 Å². The molecule has 0 unspecified atom stereocenters. The topological polar surface area (TPSA) is 91.0 Å². The average molecular weight is 621 g/mol. The van der Waals surface area contributed by atoms with E-state index in [2.05, 4.69) is 115 Å². The molecule has 2 N–H and O–H groups in total. The molecule has 2 heterocycles. The molecule has 46 heavy (non-hydrogen) atoms. The van der Waals surface area contributed by atoms with Gasteiger partial charge >= 0.3 is 0 Å². The van der Waals surface area contributed by atoms with E-state index in [9.17, 15) is 10.2 Å². The first-order valence-electron chi connectivity index (χ1n) is 15.8. The van der Waals surface area contributed by atoms with Crippen molar-refractivity contribution in [1.82, 2.24) is 9.97 Å². The molecule has 0 aliphatic rings. The zero-order valence-corrected chi connectivity index (χ0v) is 29.8. The number of aromatic hydroxyl groups is 2. The van der Waals surface area contributed by atoms with Crippen LogP contribution in [-0.4, -0.2) is 32.6 Å². The number of pyridine rings is 2. The summed E-state index contributed by atoms with van der Waals surface area (Å²) in [7, 11) is 0. The van der Waals surface area contributed by atoms with Gasteiger partial charge in [0.05, 0.1) is 23.8 Å². The van der Waals surface area contributed by atoms with Crippen LogP contribution in [0.1, 0.15) is 116 Å². The van der Waals surface area contributed by atoms with Crippen molar-refractivity contribution in [1.29, 1.82) is 0 Å². The van der Waals surface area contributed by atoms with Gasteiger partial charge < -0.3 is 10.2 Å². The van der Waals surface area contributed by atoms with Gasteiger partial charge in [0.2, 0.25) is 0 Å². The van der Waals surface area contributed by atoms with E-state index in [1.165, 1.54) is 11.1 Å². The fraction of sp³-hybridized carbons (Fsp3) is 0.400. The molecule has 0 aliphatic heterocycles. The second-order valence-corrected chi connectivity index (χ2v) is 15.9. The standard InChI is InChI=1S/2C20H26N2O/c2*1-19(2,3)15-10-14(12-22-16-8-7-9-21-13-16)18(23)17(11-15)20(4,5)6/h2*7-13,23H,1-6H3. The van der Waals surface area contributed by atoms with Crippen LogP contribution in [0.25, 0.3) is 0 Å². The third-order valence-corrected chi connectivity index (χ3v) is 7.62. The minimum Gasteiger partial charge on any atom is -0.507 e. The number of aromatic nitrogens is 2. The van der Waals surface area contributed by atoms with Crippen molar-refractivity contribution >= 4 is 23.8 Å². The van der Waals surface area contributed by atoms with Crippen molar-refractivity contribution in [3.63, 3.8) is 0 Å². The molecule has 0 fully saturated rings. The number of nitrogens with zero attached hydrogens (tertiary/aromatic N) is 4. The van der Waals surface area contributed by atoms with Gasteiger partial charge in [-0.25, -0.2) is 0 Å². The first kappa shape index (κ1) is 36.2. The Morgan fingerprint density at radius 1 is 0.522 bits per heavy atom. The minimum atomic E-state index is -0.137. The van der Waals surface area contributed by atoms with Crippen molar-refractivity contribution in [2.75, 3.05) is 0 Å². The molecule has 4 rings (SSSR count). The van der Waals surface area contributed by atoms with Crippen LogP contribution in [0.5, 0.6) is 11.5 Å². The largest absolute Gasteiger partial charge is 0.507 e.